The number of nitrogens with zero attached hydrogens (tertiary/aromatic N) is 1. The molecule has 3 rings (SSSR count). The number of hydrogen-bond acceptors (Lipinski definition) is 3. The highest BCUT2D eigenvalue weighted by Gasteiger charge is 2.28. The average molecular weight is 497 g/mol. The summed E-state index contributed by atoms with van der Waals surface area (Å²) in [5.74, 6) is -0.167. The lowest BCUT2D eigenvalue weighted by atomic mass is 10.1. The van der Waals surface area contributed by atoms with E-state index in [4.69, 9.17) is 23.2 Å². The Bertz CT molecular complexity index is 953. The molecule has 0 aliphatic heterocycles. The molecule has 1 aliphatic rings. The topological polar surface area (TPSA) is 49.4 Å². The van der Waals surface area contributed by atoms with Gasteiger partial charge in [-0.25, -0.2) is 4.39 Å². The lowest BCUT2D eigenvalue weighted by Crippen LogP contribution is -2.50. The molecule has 2 aromatic carbocycles. The standard InChI is InChI=1S/C24H27Cl2FN2O2S/c1-16(24(31)28-20-7-3-4-8-20)29(13-17-10-11-19(25)12-21(17)26)23(30)15-32-14-18-6-2-5-9-22(18)27/h2,5-6,9-12,16,20H,3-4,7-8,13-15H2,1H3,(H,28,31). The monoisotopic (exact) mass is 496 g/mol. The minimum Gasteiger partial charge on any atom is -0.352 e. The normalized spacial score (nSPS) is 14.9. The molecule has 0 aromatic heterocycles. The van der Waals surface area contributed by atoms with E-state index in [-0.39, 0.29) is 36.0 Å². The van der Waals surface area contributed by atoms with Crippen LogP contribution in [0.3, 0.4) is 0 Å². The number of halogens is 3. The second kappa shape index (κ2) is 11.9. The molecule has 1 saturated carbocycles. The van der Waals surface area contributed by atoms with Crippen LogP contribution < -0.4 is 5.32 Å². The number of thioether (sulfide) groups is 1. The molecule has 1 atom stereocenters. The van der Waals surface area contributed by atoms with Crippen molar-refractivity contribution in [3.05, 3.63) is 69.5 Å². The molecule has 0 saturated heterocycles. The molecule has 1 fully saturated rings. The van der Waals surface area contributed by atoms with Gasteiger partial charge >= 0.3 is 0 Å². The molecular weight excluding hydrogens is 470 g/mol. The first-order valence-corrected chi connectivity index (χ1v) is 12.6. The number of amides is 2. The SMILES string of the molecule is CC(C(=O)NC1CCCC1)N(Cc1ccc(Cl)cc1Cl)C(=O)CSCc1ccccc1F. The molecule has 8 heteroatoms. The summed E-state index contributed by atoms with van der Waals surface area (Å²) >= 11 is 13.7. The maximum absolute atomic E-state index is 13.9. The zero-order chi connectivity index (χ0) is 23.1. The zero-order valence-electron chi connectivity index (χ0n) is 18.0. The fraction of sp³-hybridized carbons (Fsp3) is 0.417. The summed E-state index contributed by atoms with van der Waals surface area (Å²) < 4.78 is 13.9. The van der Waals surface area contributed by atoms with Crippen molar-refractivity contribution in [2.75, 3.05) is 5.75 Å². The minimum atomic E-state index is -0.663. The number of nitrogens with one attached hydrogen (secondary N) is 1. The highest BCUT2D eigenvalue weighted by molar-refractivity contribution is 7.99. The van der Waals surface area contributed by atoms with E-state index in [9.17, 15) is 14.0 Å². The molecular formula is C24H27Cl2FN2O2S. The van der Waals surface area contributed by atoms with Crippen LogP contribution in [0.15, 0.2) is 42.5 Å². The van der Waals surface area contributed by atoms with Crippen molar-refractivity contribution in [2.24, 2.45) is 0 Å². The van der Waals surface area contributed by atoms with Crippen molar-refractivity contribution in [1.82, 2.24) is 10.2 Å². The molecule has 1 N–H and O–H groups in total. The van der Waals surface area contributed by atoms with Crippen LogP contribution in [0.5, 0.6) is 0 Å². The van der Waals surface area contributed by atoms with Crippen molar-refractivity contribution in [3.63, 3.8) is 0 Å². The number of hydrogen-bond donors (Lipinski definition) is 1. The highest BCUT2D eigenvalue weighted by Crippen LogP contribution is 2.25. The summed E-state index contributed by atoms with van der Waals surface area (Å²) in [5, 5.41) is 4.02. The van der Waals surface area contributed by atoms with E-state index in [0.29, 0.717) is 26.9 Å². The van der Waals surface area contributed by atoms with Crippen LogP contribution in [-0.2, 0) is 21.9 Å². The lowest BCUT2D eigenvalue weighted by molar-refractivity contribution is -0.138. The van der Waals surface area contributed by atoms with E-state index < -0.39 is 6.04 Å². The molecule has 4 nitrogen and oxygen atoms in total. The van der Waals surface area contributed by atoms with Crippen LogP contribution in [0.2, 0.25) is 10.0 Å². The summed E-state index contributed by atoms with van der Waals surface area (Å²) in [6.07, 6.45) is 4.14. The first-order chi connectivity index (χ1) is 15.3. The average Bonchev–Trinajstić information content (AvgIpc) is 3.27. The van der Waals surface area contributed by atoms with Gasteiger partial charge in [-0.15, -0.1) is 11.8 Å². The van der Waals surface area contributed by atoms with Gasteiger partial charge in [-0.3, -0.25) is 9.59 Å². The van der Waals surface area contributed by atoms with Gasteiger partial charge in [0.05, 0.1) is 5.75 Å². The number of carbonyl (C=O) groups excluding carboxylic acids is 2. The second-order valence-electron chi connectivity index (χ2n) is 8.01. The van der Waals surface area contributed by atoms with Crippen molar-refractivity contribution in [3.8, 4) is 0 Å². The summed E-state index contributed by atoms with van der Waals surface area (Å²) in [5.41, 5.74) is 1.26. The van der Waals surface area contributed by atoms with Crippen LogP contribution in [0, 0.1) is 5.82 Å². The first kappa shape index (κ1) is 24.9. The zero-order valence-corrected chi connectivity index (χ0v) is 20.3. The van der Waals surface area contributed by atoms with Crippen LogP contribution >= 0.6 is 35.0 Å². The fourth-order valence-electron chi connectivity index (χ4n) is 3.75. The predicted octanol–water partition coefficient (Wildman–Crippen LogP) is 5.84. The number of rotatable bonds is 9. The van der Waals surface area contributed by atoms with Gasteiger partial charge in [-0.2, -0.15) is 0 Å². The van der Waals surface area contributed by atoms with Crippen molar-refractivity contribution in [1.29, 1.82) is 0 Å². The summed E-state index contributed by atoms with van der Waals surface area (Å²) in [7, 11) is 0. The predicted molar refractivity (Wildman–Crippen MR) is 129 cm³/mol. The summed E-state index contributed by atoms with van der Waals surface area (Å²) in [6, 6.07) is 11.1. The fourth-order valence-corrected chi connectivity index (χ4v) is 5.12. The molecule has 2 amide bonds. The maximum atomic E-state index is 13.9. The third-order valence-corrected chi connectivity index (χ3v) is 7.22. The molecule has 0 radical (unpaired) electrons. The second-order valence-corrected chi connectivity index (χ2v) is 9.84. The Morgan fingerprint density at radius 1 is 1.16 bits per heavy atom. The molecule has 1 unspecified atom stereocenters. The Balaban J connectivity index is 1.70. The van der Waals surface area contributed by atoms with Crippen LogP contribution in [0.1, 0.15) is 43.7 Å². The van der Waals surface area contributed by atoms with Crippen LogP contribution in [0.25, 0.3) is 0 Å². The molecule has 0 spiro atoms. The van der Waals surface area contributed by atoms with Gasteiger partial charge in [0, 0.05) is 28.4 Å². The van der Waals surface area contributed by atoms with Gasteiger partial charge in [0.2, 0.25) is 11.8 Å². The maximum Gasteiger partial charge on any atom is 0.242 e. The van der Waals surface area contributed by atoms with E-state index in [0.717, 1.165) is 25.7 Å². The third kappa shape index (κ3) is 6.87. The van der Waals surface area contributed by atoms with Gasteiger partial charge in [0.15, 0.2) is 0 Å². The number of carbonyl (C=O) groups is 2. The lowest BCUT2D eigenvalue weighted by Gasteiger charge is -2.30. The van der Waals surface area contributed by atoms with Crippen molar-refractivity contribution >= 4 is 46.8 Å². The van der Waals surface area contributed by atoms with E-state index >= 15 is 0 Å². The molecule has 0 bridgehead atoms. The van der Waals surface area contributed by atoms with E-state index in [1.807, 2.05) is 0 Å². The van der Waals surface area contributed by atoms with E-state index in [2.05, 4.69) is 5.32 Å². The van der Waals surface area contributed by atoms with Crippen LogP contribution in [0.4, 0.5) is 4.39 Å². The Labute approximate surface area is 202 Å². The highest BCUT2D eigenvalue weighted by atomic mass is 35.5. The van der Waals surface area contributed by atoms with E-state index in [1.54, 1.807) is 43.3 Å². The Hall–Kier alpha value is -1.76. The number of benzene rings is 2. The van der Waals surface area contributed by atoms with Gasteiger partial charge in [0.1, 0.15) is 11.9 Å². The third-order valence-electron chi connectivity index (χ3n) is 5.67. The molecule has 32 heavy (non-hydrogen) atoms. The van der Waals surface area contributed by atoms with Gasteiger partial charge in [0.25, 0.3) is 0 Å². The minimum absolute atomic E-state index is 0.126. The smallest absolute Gasteiger partial charge is 0.242 e. The van der Waals surface area contributed by atoms with Gasteiger partial charge < -0.3 is 10.2 Å². The molecule has 2 aromatic rings. The van der Waals surface area contributed by atoms with Gasteiger partial charge in [-0.1, -0.05) is 60.3 Å². The Kier molecular flexibility index (Phi) is 9.26. The Morgan fingerprint density at radius 2 is 1.88 bits per heavy atom. The van der Waals surface area contributed by atoms with Crippen molar-refractivity contribution < 1.29 is 14.0 Å². The van der Waals surface area contributed by atoms with Gasteiger partial charge in [-0.05, 0) is 49.1 Å². The molecule has 0 heterocycles. The molecule has 172 valence electrons. The largest absolute Gasteiger partial charge is 0.352 e. The molecule has 1 aliphatic carbocycles. The summed E-state index contributed by atoms with van der Waals surface area (Å²) in [6.45, 7) is 1.92. The van der Waals surface area contributed by atoms with Crippen molar-refractivity contribution in [2.45, 2.75) is 57.0 Å². The first-order valence-electron chi connectivity index (χ1n) is 10.7. The summed E-state index contributed by atoms with van der Waals surface area (Å²) in [4.78, 5) is 27.6. The van der Waals surface area contributed by atoms with Crippen LogP contribution in [-0.4, -0.2) is 34.6 Å². The van der Waals surface area contributed by atoms with E-state index in [1.165, 1.54) is 22.7 Å². The quantitative estimate of drug-likeness (QED) is 0.474. The Morgan fingerprint density at radius 3 is 2.56 bits per heavy atom.